The van der Waals surface area contributed by atoms with Gasteiger partial charge < -0.3 is 19.8 Å². The highest BCUT2D eigenvalue weighted by atomic mass is 79.9. The van der Waals surface area contributed by atoms with Crippen LogP contribution < -0.4 is 5.32 Å². The number of H-pyrrole nitrogens is 1. The van der Waals surface area contributed by atoms with Crippen molar-refractivity contribution >= 4 is 38.3 Å². The van der Waals surface area contributed by atoms with Crippen LogP contribution in [0.1, 0.15) is 12.1 Å². The molecule has 1 aliphatic heterocycles. The van der Waals surface area contributed by atoms with E-state index in [-0.39, 0.29) is 6.29 Å². The Morgan fingerprint density at radius 1 is 1.50 bits per heavy atom. The molecule has 0 radical (unpaired) electrons. The number of hydrogen-bond donors (Lipinski definition) is 2. The first-order chi connectivity index (χ1) is 8.63. The summed E-state index contributed by atoms with van der Waals surface area (Å²) in [5.74, 6) is 0. The van der Waals surface area contributed by atoms with Crippen LogP contribution in [0, 0.1) is 6.92 Å². The third-order valence-electron chi connectivity index (χ3n) is 2.16. The van der Waals surface area contributed by atoms with Gasteiger partial charge in [-0.15, -0.1) is 0 Å². The molecule has 0 aliphatic carbocycles. The molecule has 0 unspecified atom stereocenters. The highest BCUT2D eigenvalue weighted by Gasteiger charge is 2.14. The third-order valence-corrected chi connectivity index (χ3v) is 3.94. The van der Waals surface area contributed by atoms with Gasteiger partial charge in [0.05, 0.1) is 17.8 Å². The first-order valence-electron chi connectivity index (χ1n) is 5.54. The molecule has 0 spiro atoms. The van der Waals surface area contributed by atoms with E-state index in [0.29, 0.717) is 26.2 Å². The first kappa shape index (κ1) is 15.7. The zero-order valence-corrected chi connectivity index (χ0v) is 13.2. The molecule has 1 aromatic rings. The molecule has 1 amide bonds. The van der Waals surface area contributed by atoms with Crippen LogP contribution in [0.4, 0.5) is 0 Å². The number of halogens is 2. The molecule has 2 heterocycles. The summed E-state index contributed by atoms with van der Waals surface area (Å²) >= 11 is 6.65. The van der Waals surface area contributed by atoms with Crippen LogP contribution in [-0.2, 0) is 14.3 Å². The number of hydrogen-bond acceptors (Lipinski definition) is 3. The molecule has 7 heteroatoms. The van der Waals surface area contributed by atoms with Gasteiger partial charge in [0.1, 0.15) is 0 Å². The number of nitrogens with one attached hydrogen (secondary N) is 2. The largest absolute Gasteiger partial charge is 0.358 e. The van der Waals surface area contributed by atoms with Gasteiger partial charge in [0.15, 0.2) is 6.29 Å². The van der Waals surface area contributed by atoms with E-state index >= 15 is 0 Å². The van der Waals surface area contributed by atoms with E-state index in [1.165, 1.54) is 0 Å². The summed E-state index contributed by atoms with van der Waals surface area (Å²) in [6, 6.07) is 2.02. The lowest BCUT2D eigenvalue weighted by atomic mass is 10.4. The van der Waals surface area contributed by atoms with Crippen molar-refractivity contribution in [2.75, 3.05) is 19.8 Å². The van der Waals surface area contributed by atoms with E-state index in [2.05, 4.69) is 42.2 Å². The maximum absolute atomic E-state index is 9.79. The minimum Gasteiger partial charge on any atom is -0.358 e. The fourth-order valence-corrected chi connectivity index (χ4v) is 2.23. The molecular weight excluding hydrogens is 368 g/mol. The molecular formula is C11H16Br2N2O3. The van der Waals surface area contributed by atoms with Crippen LogP contribution in [0.5, 0.6) is 0 Å². The average molecular weight is 384 g/mol. The second kappa shape index (κ2) is 8.68. The van der Waals surface area contributed by atoms with Gasteiger partial charge in [-0.3, -0.25) is 4.79 Å². The molecule has 2 N–H and O–H groups in total. The Kier molecular flexibility index (Phi) is 7.57. The van der Waals surface area contributed by atoms with Gasteiger partial charge in [0.25, 0.3) is 0 Å². The molecule has 102 valence electrons. The van der Waals surface area contributed by atoms with Gasteiger partial charge in [-0.25, -0.2) is 0 Å². The fourth-order valence-electron chi connectivity index (χ4n) is 1.36. The summed E-state index contributed by atoms with van der Waals surface area (Å²) in [6.07, 6.45) is 1.31. The van der Waals surface area contributed by atoms with Crippen molar-refractivity contribution in [1.82, 2.24) is 10.3 Å². The molecule has 1 aliphatic rings. The predicted octanol–water partition coefficient (Wildman–Crippen LogP) is 2.34. The summed E-state index contributed by atoms with van der Waals surface area (Å²) in [5.41, 5.74) is 1.16. The highest BCUT2D eigenvalue weighted by Crippen LogP contribution is 2.22. The van der Waals surface area contributed by atoms with Gasteiger partial charge in [-0.1, -0.05) is 0 Å². The monoisotopic (exact) mass is 382 g/mol. The molecule has 0 atom stereocenters. The number of amides is 1. The maximum Gasteiger partial charge on any atom is 0.207 e. The van der Waals surface area contributed by atoms with Crippen LogP contribution in [0.25, 0.3) is 0 Å². The van der Waals surface area contributed by atoms with Gasteiger partial charge in [-0.2, -0.15) is 0 Å². The van der Waals surface area contributed by atoms with Crippen LogP contribution >= 0.6 is 31.9 Å². The molecule has 18 heavy (non-hydrogen) atoms. The van der Waals surface area contributed by atoms with Crippen LogP contribution in [0.3, 0.4) is 0 Å². The Hall–Kier alpha value is -0.370. The first-order valence-corrected chi connectivity index (χ1v) is 7.13. The number of ether oxygens (including phenoxy) is 2. The van der Waals surface area contributed by atoms with Crippen LogP contribution in [0.2, 0.25) is 0 Å². The Bertz CT molecular complexity index is 346. The van der Waals surface area contributed by atoms with Crippen molar-refractivity contribution in [2.24, 2.45) is 0 Å². The molecule has 0 saturated carbocycles. The Morgan fingerprint density at radius 3 is 2.56 bits per heavy atom. The lowest BCUT2D eigenvalue weighted by molar-refractivity contribution is -0.109. The van der Waals surface area contributed by atoms with Crippen molar-refractivity contribution in [3.8, 4) is 0 Å². The van der Waals surface area contributed by atoms with E-state index in [0.717, 1.165) is 21.2 Å². The summed E-state index contributed by atoms with van der Waals surface area (Å²) < 4.78 is 12.3. The molecule has 0 aromatic carbocycles. The van der Waals surface area contributed by atoms with E-state index in [1.54, 1.807) is 0 Å². The number of rotatable bonds is 4. The van der Waals surface area contributed by atoms with E-state index < -0.39 is 0 Å². The molecule has 1 saturated heterocycles. The molecule has 0 bridgehead atoms. The molecule has 1 fully saturated rings. The SMILES string of the molecule is Cc1cc(Br)c(Br)[nH]1.O=CNCCC1OCCO1. The number of carbonyl (C=O) groups is 1. The summed E-state index contributed by atoms with van der Waals surface area (Å²) in [5, 5.41) is 2.53. The maximum atomic E-state index is 9.79. The average Bonchev–Trinajstić information content (AvgIpc) is 2.91. The summed E-state index contributed by atoms with van der Waals surface area (Å²) in [6.45, 7) is 3.97. The summed E-state index contributed by atoms with van der Waals surface area (Å²) in [4.78, 5) is 12.9. The molecule has 2 rings (SSSR count). The van der Waals surface area contributed by atoms with E-state index in [1.807, 2.05) is 13.0 Å². The minimum atomic E-state index is -0.104. The summed E-state index contributed by atoms with van der Waals surface area (Å²) in [7, 11) is 0. The van der Waals surface area contributed by atoms with Crippen LogP contribution in [-0.4, -0.2) is 37.4 Å². The van der Waals surface area contributed by atoms with Gasteiger partial charge in [-0.05, 0) is 44.8 Å². The Balaban J connectivity index is 0.000000184. The minimum absolute atomic E-state index is 0.104. The van der Waals surface area contributed by atoms with Crippen molar-refractivity contribution in [3.63, 3.8) is 0 Å². The van der Waals surface area contributed by atoms with Crippen LogP contribution in [0.15, 0.2) is 15.1 Å². The quantitative estimate of drug-likeness (QED) is 0.619. The number of aromatic amines is 1. The Morgan fingerprint density at radius 2 is 2.17 bits per heavy atom. The zero-order chi connectivity index (χ0) is 13.4. The lowest BCUT2D eigenvalue weighted by Crippen LogP contribution is -2.19. The standard InChI is InChI=1S/C6H11NO3.C5H5Br2N/c8-5-7-2-1-6-9-3-4-10-6;1-3-2-4(6)5(7)8-3/h5-6H,1-4H2,(H,7,8);2,8H,1H3. The van der Waals surface area contributed by atoms with E-state index in [9.17, 15) is 4.79 Å². The molecule has 5 nitrogen and oxygen atoms in total. The lowest BCUT2D eigenvalue weighted by Gasteiger charge is -2.06. The van der Waals surface area contributed by atoms with Gasteiger partial charge >= 0.3 is 0 Å². The third kappa shape index (κ3) is 5.99. The van der Waals surface area contributed by atoms with Gasteiger partial charge in [0, 0.05) is 23.1 Å². The van der Waals surface area contributed by atoms with Crippen molar-refractivity contribution in [3.05, 3.63) is 20.8 Å². The predicted molar refractivity (Wildman–Crippen MR) is 75.3 cm³/mol. The molecule has 1 aromatic heterocycles. The van der Waals surface area contributed by atoms with Crippen molar-refractivity contribution in [1.29, 1.82) is 0 Å². The highest BCUT2D eigenvalue weighted by molar-refractivity contribution is 9.13. The topological polar surface area (TPSA) is 63.4 Å². The number of aryl methyl sites for hydroxylation is 1. The Labute approximate surface area is 123 Å². The van der Waals surface area contributed by atoms with E-state index in [4.69, 9.17) is 9.47 Å². The van der Waals surface area contributed by atoms with Crippen molar-refractivity contribution in [2.45, 2.75) is 19.6 Å². The fraction of sp³-hybridized carbons (Fsp3) is 0.545. The smallest absolute Gasteiger partial charge is 0.207 e. The second-order valence-corrected chi connectivity index (χ2v) is 5.29. The second-order valence-electron chi connectivity index (χ2n) is 3.65. The van der Waals surface area contributed by atoms with Gasteiger partial charge in [0.2, 0.25) is 6.41 Å². The number of carbonyl (C=O) groups excluding carboxylic acids is 1. The zero-order valence-electron chi connectivity index (χ0n) is 10.0. The number of aromatic nitrogens is 1. The van der Waals surface area contributed by atoms with Crippen molar-refractivity contribution < 1.29 is 14.3 Å². The normalized spacial score (nSPS) is 15.1.